The Morgan fingerprint density at radius 1 is 1.44 bits per heavy atom. The van der Waals surface area contributed by atoms with Gasteiger partial charge in [0, 0.05) is 25.7 Å². The van der Waals surface area contributed by atoms with Crippen LogP contribution in [0.25, 0.3) is 0 Å². The molecule has 1 rings (SSSR count). The molecule has 2 unspecified atom stereocenters. The second-order valence-electron chi connectivity index (χ2n) is 5.40. The Hall–Kier alpha value is -0.170. The van der Waals surface area contributed by atoms with Gasteiger partial charge in [-0.15, -0.1) is 0 Å². The van der Waals surface area contributed by atoms with Crippen LogP contribution in [0.3, 0.4) is 0 Å². The first kappa shape index (κ1) is 15.9. The summed E-state index contributed by atoms with van der Waals surface area (Å²) in [6, 6.07) is 0.541. The predicted octanol–water partition coefficient (Wildman–Crippen LogP) is 0.373. The fourth-order valence-corrected chi connectivity index (χ4v) is 3.76. The summed E-state index contributed by atoms with van der Waals surface area (Å²) in [7, 11) is -3.24. The quantitative estimate of drug-likeness (QED) is 0.705. The molecule has 0 saturated carbocycles. The van der Waals surface area contributed by atoms with E-state index >= 15 is 0 Å². The minimum absolute atomic E-state index is 0.189. The lowest BCUT2D eigenvalue weighted by atomic mass is 10.1. The molecular formula is C12H27N3O2S. The Balaban J connectivity index is 2.42. The van der Waals surface area contributed by atoms with Gasteiger partial charge >= 0.3 is 0 Å². The molecular weight excluding hydrogens is 250 g/mol. The molecule has 1 aliphatic heterocycles. The van der Waals surface area contributed by atoms with Gasteiger partial charge in [0.15, 0.2) is 0 Å². The van der Waals surface area contributed by atoms with Crippen molar-refractivity contribution in [1.29, 1.82) is 0 Å². The zero-order valence-corrected chi connectivity index (χ0v) is 12.5. The fraction of sp³-hybridized carbons (Fsp3) is 1.00. The largest absolute Gasteiger partial charge is 0.329 e. The lowest BCUT2D eigenvalue weighted by Gasteiger charge is -2.21. The van der Waals surface area contributed by atoms with Crippen LogP contribution in [0.4, 0.5) is 0 Å². The van der Waals surface area contributed by atoms with Crippen LogP contribution in [-0.2, 0) is 10.0 Å². The van der Waals surface area contributed by atoms with Crippen molar-refractivity contribution in [2.45, 2.75) is 44.9 Å². The summed E-state index contributed by atoms with van der Waals surface area (Å²) in [6.45, 7) is 8.99. The SMILES string of the molecule is CCC(CN)S(=O)(=O)NCC1CCN(C(C)C)C1. The summed E-state index contributed by atoms with van der Waals surface area (Å²) in [6.07, 6.45) is 1.63. The molecule has 0 aromatic heterocycles. The maximum Gasteiger partial charge on any atom is 0.215 e. The molecule has 108 valence electrons. The van der Waals surface area contributed by atoms with Crippen molar-refractivity contribution in [2.24, 2.45) is 11.7 Å². The second-order valence-corrected chi connectivity index (χ2v) is 7.45. The summed E-state index contributed by atoms with van der Waals surface area (Å²) in [4.78, 5) is 2.39. The van der Waals surface area contributed by atoms with Gasteiger partial charge in [-0.3, -0.25) is 0 Å². The first-order chi connectivity index (χ1) is 8.40. The van der Waals surface area contributed by atoms with E-state index in [4.69, 9.17) is 5.73 Å². The minimum atomic E-state index is -3.24. The van der Waals surface area contributed by atoms with E-state index in [2.05, 4.69) is 23.5 Å². The van der Waals surface area contributed by atoms with Gasteiger partial charge in [-0.2, -0.15) is 0 Å². The Morgan fingerprint density at radius 2 is 2.11 bits per heavy atom. The van der Waals surface area contributed by atoms with Gasteiger partial charge in [-0.1, -0.05) is 6.92 Å². The smallest absolute Gasteiger partial charge is 0.215 e. The average Bonchev–Trinajstić information content (AvgIpc) is 2.76. The van der Waals surface area contributed by atoms with Crippen LogP contribution in [-0.4, -0.2) is 50.8 Å². The van der Waals surface area contributed by atoms with E-state index < -0.39 is 15.3 Å². The molecule has 0 aliphatic carbocycles. The third kappa shape index (κ3) is 4.19. The van der Waals surface area contributed by atoms with Crippen molar-refractivity contribution in [3.05, 3.63) is 0 Å². The van der Waals surface area contributed by atoms with Gasteiger partial charge in [0.25, 0.3) is 0 Å². The van der Waals surface area contributed by atoms with Crippen molar-refractivity contribution in [3.63, 3.8) is 0 Å². The van der Waals surface area contributed by atoms with Crippen molar-refractivity contribution in [2.75, 3.05) is 26.2 Å². The van der Waals surface area contributed by atoms with Gasteiger partial charge < -0.3 is 10.6 Å². The van der Waals surface area contributed by atoms with Crippen LogP contribution in [0.5, 0.6) is 0 Å². The van der Waals surface area contributed by atoms with Crippen LogP contribution in [0.15, 0.2) is 0 Å². The van der Waals surface area contributed by atoms with Crippen LogP contribution < -0.4 is 10.5 Å². The van der Waals surface area contributed by atoms with Gasteiger partial charge in [-0.25, -0.2) is 13.1 Å². The summed E-state index contributed by atoms with van der Waals surface area (Å²) in [5.41, 5.74) is 5.49. The van der Waals surface area contributed by atoms with E-state index in [9.17, 15) is 8.42 Å². The Labute approximate surface area is 111 Å². The zero-order valence-electron chi connectivity index (χ0n) is 11.7. The summed E-state index contributed by atoms with van der Waals surface area (Å²) >= 11 is 0. The van der Waals surface area contributed by atoms with E-state index in [1.165, 1.54) is 0 Å². The highest BCUT2D eigenvalue weighted by molar-refractivity contribution is 7.90. The number of rotatable bonds is 7. The van der Waals surface area contributed by atoms with Crippen molar-refractivity contribution >= 4 is 10.0 Å². The molecule has 0 aromatic carbocycles. The van der Waals surface area contributed by atoms with Crippen LogP contribution in [0.1, 0.15) is 33.6 Å². The van der Waals surface area contributed by atoms with Gasteiger partial charge in [-0.05, 0) is 39.2 Å². The van der Waals surface area contributed by atoms with E-state index in [1.807, 2.05) is 6.92 Å². The van der Waals surface area contributed by atoms with Crippen molar-refractivity contribution in [3.8, 4) is 0 Å². The maximum atomic E-state index is 12.0. The molecule has 6 heteroatoms. The van der Waals surface area contributed by atoms with Crippen LogP contribution in [0.2, 0.25) is 0 Å². The number of nitrogens with zero attached hydrogens (tertiary/aromatic N) is 1. The topological polar surface area (TPSA) is 75.4 Å². The normalized spacial score (nSPS) is 23.7. The Morgan fingerprint density at radius 3 is 2.56 bits per heavy atom. The number of nitrogens with one attached hydrogen (secondary N) is 1. The number of sulfonamides is 1. The molecule has 1 fully saturated rings. The molecule has 0 aromatic rings. The Bertz CT molecular complexity index is 339. The molecule has 0 bridgehead atoms. The summed E-state index contributed by atoms with van der Waals surface area (Å²) in [5, 5.41) is -0.458. The summed E-state index contributed by atoms with van der Waals surface area (Å²) in [5.74, 6) is 0.428. The van der Waals surface area contributed by atoms with Crippen LogP contribution >= 0.6 is 0 Å². The third-order valence-electron chi connectivity index (χ3n) is 3.78. The van der Waals surface area contributed by atoms with Crippen LogP contribution in [0, 0.1) is 5.92 Å². The third-order valence-corrected chi connectivity index (χ3v) is 5.75. The second kappa shape index (κ2) is 6.84. The van der Waals surface area contributed by atoms with Gasteiger partial charge in [0.05, 0.1) is 5.25 Å². The number of likely N-dealkylation sites (tertiary alicyclic amines) is 1. The molecule has 2 atom stereocenters. The van der Waals surface area contributed by atoms with Gasteiger partial charge in [0.1, 0.15) is 0 Å². The fourth-order valence-electron chi connectivity index (χ4n) is 2.36. The first-order valence-corrected chi connectivity index (χ1v) is 8.37. The van der Waals surface area contributed by atoms with E-state index in [0.717, 1.165) is 19.5 Å². The zero-order chi connectivity index (χ0) is 13.8. The first-order valence-electron chi connectivity index (χ1n) is 6.83. The average molecular weight is 277 g/mol. The Kier molecular flexibility index (Phi) is 6.04. The molecule has 0 radical (unpaired) electrons. The molecule has 1 heterocycles. The molecule has 18 heavy (non-hydrogen) atoms. The highest BCUT2D eigenvalue weighted by atomic mass is 32.2. The highest BCUT2D eigenvalue weighted by Crippen LogP contribution is 2.18. The summed E-state index contributed by atoms with van der Waals surface area (Å²) < 4.78 is 26.6. The van der Waals surface area contributed by atoms with E-state index in [1.54, 1.807) is 0 Å². The lowest BCUT2D eigenvalue weighted by molar-refractivity contribution is 0.265. The molecule has 0 spiro atoms. The molecule has 0 amide bonds. The van der Waals surface area contributed by atoms with Crippen molar-refractivity contribution < 1.29 is 8.42 Å². The molecule has 1 saturated heterocycles. The number of hydrogen-bond acceptors (Lipinski definition) is 4. The van der Waals surface area contributed by atoms with E-state index in [0.29, 0.717) is 24.9 Å². The molecule has 5 nitrogen and oxygen atoms in total. The minimum Gasteiger partial charge on any atom is -0.329 e. The monoisotopic (exact) mass is 277 g/mol. The maximum absolute atomic E-state index is 12.0. The standard InChI is InChI=1S/C12H27N3O2S/c1-4-12(7-13)18(16,17)14-8-11-5-6-15(9-11)10(2)3/h10-12,14H,4-9,13H2,1-3H3. The van der Waals surface area contributed by atoms with Crippen molar-refractivity contribution in [1.82, 2.24) is 9.62 Å². The predicted molar refractivity (Wildman–Crippen MR) is 74.9 cm³/mol. The van der Waals surface area contributed by atoms with E-state index in [-0.39, 0.29) is 6.54 Å². The highest BCUT2D eigenvalue weighted by Gasteiger charge is 2.27. The molecule has 1 aliphatic rings. The number of nitrogens with two attached hydrogens (primary N) is 1. The molecule has 3 N–H and O–H groups in total. The lowest BCUT2D eigenvalue weighted by Crippen LogP contribution is -2.41. The van der Waals surface area contributed by atoms with Gasteiger partial charge in [0.2, 0.25) is 10.0 Å². The number of hydrogen-bond donors (Lipinski definition) is 2.